The Balaban J connectivity index is 2.79. The molecular formula is C15H13N3O5. The van der Waals surface area contributed by atoms with E-state index < -0.39 is 11.9 Å². The van der Waals surface area contributed by atoms with Crippen molar-refractivity contribution in [1.29, 1.82) is 5.26 Å². The number of nitrogen functional groups attached to an aromatic ring is 1. The van der Waals surface area contributed by atoms with E-state index in [0.717, 1.165) is 7.11 Å². The standard InChI is InChI=1S/C15H13N3O5/c1-22-9-3-4-11(10(5-9)14(19)20)18-7-8(6-16)12(17)13(18)15(21)23-2/h3-5,7H,17H2,1-2H3,(H,19,20). The molecule has 0 saturated carbocycles. The lowest BCUT2D eigenvalue weighted by Gasteiger charge is -2.12. The second-order valence-corrected chi connectivity index (χ2v) is 4.47. The van der Waals surface area contributed by atoms with E-state index in [1.165, 1.54) is 36.1 Å². The Labute approximate surface area is 131 Å². The van der Waals surface area contributed by atoms with E-state index in [-0.39, 0.29) is 28.2 Å². The summed E-state index contributed by atoms with van der Waals surface area (Å²) in [6.07, 6.45) is 1.29. The zero-order valence-corrected chi connectivity index (χ0v) is 12.4. The fraction of sp³-hybridized carbons (Fsp3) is 0.133. The van der Waals surface area contributed by atoms with Crippen LogP contribution in [0.15, 0.2) is 24.4 Å². The highest BCUT2D eigenvalue weighted by Gasteiger charge is 2.24. The number of anilines is 1. The van der Waals surface area contributed by atoms with E-state index in [0.29, 0.717) is 5.75 Å². The molecule has 0 fully saturated rings. The highest BCUT2D eigenvalue weighted by molar-refractivity contribution is 5.98. The summed E-state index contributed by atoms with van der Waals surface area (Å²) in [7, 11) is 2.57. The van der Waals surface area contributed by atoms with Crippen LogP contribution >= 0.6 is 0 Å². The zero-order valence-electron chi connectivity index (χ0n) is 12.4. The number of nitriles is 1. The SMILES string of the molecule is COC(=O)c1c(N)c(C#N)cn1-c1ccc(OC)cc1C(=O)O. The molecule has 0 amide bonds. The van der Waals surface area contributed by atoms with Gasteiger partial charge in [0.15, 0.2) is 5.69 Å². The van der Waals surface area contributed by atoms with Gasteiger partial charge in [0.05, 0.1) is 36.7 Å². The normalized spacial score (nSPS) is 9.96. The Morgan fingerprint density at radius 3 is 2.57 bits per heavy atom. The average molecular weight is 315 g/mol. The minimum Gasteiger partial charge on any atom is -0.497 e. The molecule has 2 rings (SSSR count). The number of carbonyl (C=O) groups is 2. The fourth-order valence-electron chi connectivity index (χ4n) is 2.13. The number of hydrogen-bond donors (Lipinski definition) is 2. The molecule has 0 bridgehead atoms. The minimum atomic E-state index is -1.22. The third-order valence-electron chi connectivity index (χ3n) is 3.24. The second kappa shape index (κ2) is 6.11. The molecule has 0 unspecified atom stereocenters. The first-order valence-electron chi connectivity index (χ1n) is 6.35. The largest absolute Gasteiger partial charge is 0.497 e. The molecule has 2 aromatic rings. The summed E-state index contributed by atoms with van der Waals surface area (Å²) in [5.41, 5.74) is 5.68. The molecule has 0 atom stereocenters. The number of carbonyl (C=O) groups excluding carboxylic acids is 1. The molecule has 8 heteroatoms. The monoisotopic (exact) mass is 315 g/mol. The number of aromatic nitrogens is 1. The van der Waals surface area contributed by atoms with Gasteiger partial charge in [0, 0.05) is 6.20 Å². The van der Waals surface area contributed by atoms with Crippen LogP contribution < -0.4 is 10.5 Å². The van der Waals surface area contributed by atoms with Crippen molar-refractivity contribution in [2.45, 2.75) is 0 Å². The number of rotatable bonds is 4. The van der Waals surface area contributed by atoms with Gasteiger partial charge in [-0.05, 0) is 18.2 Å². The lowest BCUT2D eigenvalue weighted by Crippen LogP contribution is -2.13. The van der Waals surface area contributed by atoms with E-state index in [9.17, 15) is 14.7 Å². The molecule has 1 heterocycles. The number of methoxy groups -OCH3 is 2. The van der Waals surface area contributed by atoms with Crippen molar-refractivity contribution >= 4 is 17.6 Å². The quantitative estimate of drug-likeness (QED) is 0.816. The van der Waals surface area contributed by atoms with Gasteiger partial charge in [0.1, 0.15) is 11.8 Å². The van der Waals surface area contributed by atoms with E-state index in [1.807, 2.05) is 6.07 Å². The van der Waals surface area contributed by atoms with Gasteiger partial charge in [-0.15, -0.1) is 0 Å². The summed E-state index contributed by atoms with van der Waals surface area (Å²) in [5, 5.41) is 18.5. The van der Waals surface area contributed by atoms with Crippen molar-refractivity contribution in [2.75, 3.05) is 20.0 Å². The van der Waals surface area contributed by atoms with Crippen LogP contribution in [0.4, 0.5) is 5.69 Å². The Morgan fingerprint density at radius 1 is 1.35 bits per heavy atom. The van der Waals surface area contributed by atoms with E-state index in [4.69, 9.17) is 15.7 Å². The Hall–Kier alpha value is -3.47. The van der Waals surface area contributed by atoms with Crippen LogP contribution in [0.25, 0.3) is 5.69 Å². The third-order valence-corrected chi connectivity index (χ3v) is 3.24. The van der Waals surface area contributed by atoms with Gasteiger partial charge in [-0.25, -0.2) is 9.59 Å². The molecule has 1 aromatic carbocycles. The van der Waals surface area contributed by atoms with Crippen LogP contribution in [0, 0.1) is 11.3 Å². The molecule has 1 aromatic heterocycles. The highest BCUT2D eigenvalue weighted by atomic mass is 16.5. The highest BCUT2D eigenvalue weighted by Crippen LogP contribution is 2.28. The maximum atomic E-state index is 12.0. The number of carboxylic acid groups (broad SMARTS) is 1. The summed E-state index contributed by atoms with van der Waals surface area (Å²) in [6, 6.07) is 6.14. The minimum absolute atomic E-state index is 0.0394. The molecule has 8 nitrogen and oxygen atoms in total. The molecule has 0 aliphatic carbocycles. The van der Waals surface area contributed by atoms with Gasteiger partial charge >= 0.3 is 11.9 Å². The van der Waals surface area contributed by atoms with Crippen molar-refractivity contribution in [2.24, 2.45) is 0 Å². The summed E-state index contributed by atoms with van der Waals surface area (Å²) >= 11 is 0. The van der Waals surface area contributed by atoms with Crippen LogP contribution in [0.5, 0.6) is 5.75 Å². The average Bonchev–Trinajstić information content (AvgIpc) is 2.89. The van der Waals surface area contributed by atoms with E-state index in [2.05, 4.69) is 4.74 Å². The predicted molar refractivity (Wildman–Crippen MR) is 79.7 cm³/mol. The van der Waals surface area contributed by atoms with Crippen LogP contribution in [-0.2, 0) is 4.74 Å². The number of carboxylic acids is 1. The second-order valence-electron chi connectivity index (χ2n) is 4.47. The van der Waals surface area contributed by atoms with Gasteiger partial charge in [-0.3, -0.25) is 0 Å². The number of ether oxygens (including phenoxy) is 2. The molecule has 0 aliphatic heterocycles. The first kappa shape index (κ1) is 15.9. The number of hydrogen-bond acceptors (Lipinski definition) is 6. The topological polar surface area (TPSA) is 128 Å². The lowest BCUT2D eigenvalue weighted by atomic mass is 10.1. The van der Waals surface area contributed by atoms with Crippen molar-refractivity contribution in [1.82, 2.24) is 4.57 Å². The van der Waals surface area contributed by atoms with Gasteiger partial charge in [0.25, 0.3) is 0 Å². The molecule has 0 spiro atoms. The maximum Gasteiger partial charge on any atom is 0.357 e. The van der Waals surface area contributed by atoms with Gasteiger partial charge < -0.3 is 24.9 Å². The van der Waals surface area contributed by atoms with Crippen LogP contribution in [-0.4, -0.2) is 35.8 Å². The molecule has 23 heavy (non-hydrogen) atoms. The van der Waals surface area contributed by atoms with Gasteiger partial charge in [-0.2, -0.15) is 5.26 Å². The van der Waals surface area contributed by atoms with Crippen molar-refractivity contribution in [3.8, 4) is 17.5 Å². The number of aromatic carboxylic acids is 1. The maximum absolute atomic E-state index is 12.0. The Morgan fingerprint density at radius 2 is 2.04 bits per heavy atom. The summed E-state index contributed by atoms with van der Waals surface area (Å²) < 4.78 is 10.9. The van der Waals surface area contributed by atoms with E-state index in [1.54, 1.807) is 0 Å². The number of nitrogens with zero attached hydrogens (tertiary/aromatic N) is 2. The van der Waals surface area contributed by atoms with Gasteiger partial charge in [-0.1, -0.05) is 0 Å². The Bertz CT molecular complexity index is 832. The van der Waals surface area contributed by atoms with Crippen LogP contribution in [0.2, 0.25) is 0 Å². The van der Waals surface area contributed by atoms with Crippen molar-refractivity contribution in [3.05, 3.63) is 41.2 Å². The smallest absolute Gasteiger partial charge is 0.357 e. The van der Waals surface area contributed by atoms with E-state index >= 15 is 0 Å². The van der Waals surface area contributed by atoms with Crippen molar-refractivity contribution in [3.63, 3.8) is 0 Å². The number of benzene rings is 1. The lowest BCUT2D eigenvalue weighted by molar-refractivity contribution is 0.0591. The molecule has 0 aliphatic rings. The summed E-state index contributed by atoms with van der Waals surface area (Å²) in [6.45, 7) is 0. The molecule has 0 radical (unpaired) electrons. The van der Waals surface area contributed by atoms with Crippen molar-refractivity contribution < 1.29 is 24.2 Å². The number of nitrogens with two attached hydrogens (primary N) is 1. The van der Waals surface area contributed by atoms with Crippen LogP contribution in [0.1, 0.15) is 26.4 Å². The number of esters is 1. The molecular weight excluding hydrogens is 302 g/mol. The fourth-order valence-corrected chi connectivity index (χ4v) is 2.13. The van der Waals surface area contributed by atoms with Gasteiger partial charge in [0.2, 0.25) is 0 Å². The molecule has 0 saturated heterocycles. The van der Waals surface area contributed by atoms with Crippen LogP contribution in [0.3, 0.4) is 0 Å². The summed E-state index contributed by atoms with van der Waals surface area (Å²) in [5.74, 6) is -1.66. The Kier molecular flexibility index (Phi) is 4.23. The summed E-state index contributed by atoms with van der Waals surface area (Å²) in [4.78, 5) is 23.5. The first-order valence-corrected chi connectivity index (χ1v) is 6.35. The first-order chi connectivity index (χ1) is 10.9. The third kappa shape index (κ3) is 2.67. The molecule has 3 N–H and O–H groups in total. The predicted octanol–water partition coefficient (Wildman–Crippen LogP) is 1.42. The molecule has 118 valence electrons. The zero-order chi connectivity index (χ0) is 17.1.